The van der Waals surface area contributed by atoms with Gasteiger partial charge in [0.25, 0.3) is 11.1 Å². The normalized spacial score (nSPS) is 16.8. The second-order valence-electron chi connectivity index (χ2n) is 12.7. The third-order valence-electron chi connectivity index (χ3n) is 9.66. The fraction of sp³-hybridized carbons (Fsp3) is 0.278. The number of hydrogen-bond acceptors (Lipinski definition) is 9. The Labute approximate surface area is 293 Å². The number of aromatic nitrogens is 5. The van der Waals surface area contributed by atoms with E-state index in [1.165, 1.54) is 21.3 Å². The summed E-state index contributed by atoms with van der Waals surface area (Å²) in [5.74, 6) is 0.382. The van der Waals surface area contributed by atoms with Crippen LogP contribution in [0.3, 0.4) is 0 Å². The predicted molar refractivity (Wildman–Crippen MR) is 196 cm³/mol. The molecule has 6 aromatic rings. The monoisotopic (exact) mass is 696 g/mol. The minimum absolute atomic E-state index is 0. The van der Waals surface area contributed by atoms with Gasteiger partial charge >= 0.3 is 0 Å². The fourth-order valence-electron chi connectivity index (χ4n) is 6.99. The number of rotatable bonds is 7. The first-order valence-corrected chi connectivity index (χ1v) is 16.2. The van der Waals surface area contributed by atoms with Crippen LogP contribution in [-0.2, 0) is 18.4 Å². The van der Waals surface area contributed by atoms with E-state index in [2.05, 4.69) is 32.0 Å². The van der Waals surface area contributed by atoms with E-state index in [1.54, 1.807) is 60.5 Å². The first kappa shape index (κ1) is 33.5. The molecule has 1 aromatic carbocycles. The van der Waals surface area contributed by atoms with E-state index in [0.717, 1.165) is 38.5 Å². The van der Waals surface area contributed by atoms with Gasteiger partial charge in [-0.25, -0.2) is 14.4 Å². The molecule has 2 N–H and O–H groups in total. The van der Waals surface area contributed by atoms with E-state index in [-0.39, 0.29) is 30.4 Å². The Kier molecular flexibility index (Phi) is 8.95. The summed E-state index contributed by atoms with van der Waals surface area (Å²) in [7, 11) is 1.66. The molecule has 0 saturated carbocycles. The van der Waals surface area contributed by atoms with E-state index in [1.807, 2.05) is 18.3 Å². The maximum Gasteiger partial charge on any atom is 0.280 e. The highest BCUT2D eigenvalue weighted by Crippen LogP contribution is 2.30. The van der Waals surface area contributed by atoms with Crippen molar-refractivity contribution in [1.29, 1.82) is 0 Å². The number of pyridine rings is 3. The number of anilines is 3. The molecule has 0 spiro atoms. The molecule has 0 unspecified atom stereocenters. The Hall–Kier alpha value is -5.02. The molecule has 2 aliphatic rings. The molecule has 0 bridgehead atoms. The topological polar surface area (TPSA) is 122 Å². The molecule has 50 heavy (non-hydrogen) atoms. The number of aliphatic hydroxyl groups is 1. The first-order chi connectivity index (χ1) is 23.8. The van der Waals surface area contributed by atoms with Crippen LogP contribution >= 0.6 is 13.5 Å². The fourth-order valence-corrected chi connectivity index (χ4v) is 6.99. The van der Waals surface area contributed by atoms with Gasteiger partial charge in [-0.15, -0.1) is 0 Å². The van der Waals surface area contributed by atoms with Gasteiger partial charge in [0.2, 0.25) is 0 Å². The largest absolute Gasteiger partial charge is 0.392 e. The Morgan fingerprint density at radius 3 is 2.56 bits per heavy atom. The van der Waals surface area contributed by atoms with Crippen molar-refractivity contribution in [3.63, 3.8) is 0 Å². The molecule has 7 heterocycles. The molecular weight excluding hydrogens is 660 g/mol. The molecule has 2 fully saturated rings. The summed E-state index contributed by atoms with van der Waals surface area (Å²) in [6, 6.07) is 14.2. The zero-order chi connectivity index (χ0) is 33.8. The van der Waals surface area contributed by atoms with Gasteiger partial charge in [0, 0.05) is 74.0 Å². The summed E-state index contributed by atoms with van der Waals surface area (Å²) < 4.78 is 23.8. The second kappa shape index (κ2) is 13.4. The van der Waals surface area contributed by atoms with Crippen molar-refractivity contribution < 1.29 is 14.2 Å². The Balaban J connectivity index is 0.00000392. The zero-order valence-electron chi connectivity index (χ0n) is 27.6. The summed E-state index contributed by atoms with van der Waals surface area (Å²) in [5, 5.41) is 14.4. The smallest absolute Gasteiger partial charge is 0.280 e. The van der Waals surface area contributed by atoms with Gasteiger partial charge in [0.15, 0.2) is 0 Å². The van der Waals surface area contributed by atoms with Crippen LogP contribution in [0.2, 0.25) is 0 Å². The standard InChI is InChI=1S/C36H35FN8O4.H2S/c1-22-17-42(27-20-49-21-27)9-10-43(22)26-4-6-33(39-16-26)40-30-14-24(18-41(2)35(30)47)28-7-8-38-34(29(28)19-46)45-12-11-44-31-5-3-25(37)13-23(31)15-32(44)36(45)48;/h3-8,11-16,18,22,27,46H,9-10,17,19-21H2,1-2H3,(H,39,40);1H2/t22-;/m0./s1. The number of fused-ring (bicyclic) bond motifs is 3. The molecule has 5 aromatic heterocycles. The summed E-state index contributed by atoms with van der Waals surface area (Å²) in [4.78, 5) is 40.9. The van der Waals surface area contributed by atoms with Gasteiger partial charge in [0.05, 0.1) is 43.3 Å². The maximum atomic E-state index is 13.9. The van der Waals surface area contributed by atoms with Crippen molar-refractivity contribution in [3.8, 4) is 16.9 Å². The van der Waals surface area contributed by atoms with Crippen LogP contribution in [-0.4, -0.2) is 78.4 Å². The summed E-state index contributed by atoms with van der Waals surface area (Å²) in [6.07, 6.45) is 8.36. The molecule has 14 heteroatoms. The van der Waals surface area contributed by atoms with Crippen molar-refractivity contribution in [2.24, 2.45) is 7.05 Å². The van der Waals surface area contributed by atoms with Crippen molar-refractivity contribution in [3.05, 3.63) is 112 Å². The lowest BCUT2D eigenvalue weighted by atomic mass is 10.0. The van der Waals surface area contributed by atoms with Crippen LogP contribution in [0.1, 0.15) is 12.5 Å². The van der Waals surface area contributed by atoms with Crippen LogP contribution in [0.15, 0.2) is 89.1 Å². The highest BCUT2D eigenvalue weighted by Gasteiger charge is 2.32. The summed E-state index contributed by atoms with van der Waals surface area (Å²) >= 11 is 0. The zero-order valence-corrected chi connectivity index (χ0v) is 28.6. The lowest BCUT2D eigenvalue weighted by molar-refractivity contribution is -0.0691. The number of nitrogens with one attached hydrogen (secondary N) is 1. The van der Waals surface area contributed by atoms with E-state index in [9.17, 15) is 19.1 Å². The molecule has 0 amide bonds. The van der Waals surface area contributed by atoms with Crippen LogP contribution in [0.25, 0.3) is 33.4 Å². The maximum absolute atomic E-state index is 13.9. The molecule has 0 aliphatic carbocycles. The van der Waals surface area contributed by atoms with E-state index in [0.29, 0.717) is 56.7 Å². The van der Waals surface area contributed by atoms with E-state index >= 15 is 0 Å². The van der Waals surface area contributed by atoms with Gasteiger partial charge in [-0.3, -0.25) is 19.1 Å². The average Bonchev–Trinajstić information content (AvgIpc) is 3.45. The SMILES string of the molecule is C[C@H]1CN(C2COC2)CCN1c1ccc(Nc2cc(-c3ccnc(-n4ccn5c(cc6cc(F)ccc65)c4=O)c3CO)cn(C)c2=O)nc1.S. The lowest BCUT2D eigenvalue weighted by Gasteiger charge is -2.46. The number of nitrogens with zero attached hydrogens (tertiary/aromatic N) is 7. The number of aryl methyl sites for hydroxylation is 1. The molecule has 2 aliphatic heterocycles. The minimum Gasteiger partial charge on any atom is -0.392 e. The van der Waals surface area contributed by atoms with Crippen LogP contribution in [0.5, 0.6) is 0 Å². The van der Waals surface area contributed by atoms with Crippen molar-refractivity contribution in [2.45, 2.75) is 25.6 Å². The first-order valence-electron chi connectivity index (χ1n) is 16.2. The number of benzene rings is 1. The van der Waals surface area contributed by atoms with Crippen LogP contribution < -0.4 is 21.3 Å². The minimum atomic E-state index is -0.417. The molecular formula is C36H37FN8O4S. The molecule has 12 nitrogen and oxygen atoms in total. The number of ether oxygens (including phenoxy) is 1. The quantitative estimate of drug-likeness (QED) is 0.257. The highest BCUT2D eigenvalue weighted by molar-refractivity contribution is 7.59. The van der Waals surface area contributed by atoms with Crippen molar-refractivity contribution >= 4 is 47.1 Å². The predicted octanol–water partition coefficient (Wildman–Crippen LogP) is 3.80. The van der Waals surface area contributed by atoms with Crippen LogP contribution in [0.4, 0.5) is 21.6 Å². The average molecular weight is 697 g/mol. The van der Waals surface area contributed by atoms with Crippen molar-refractivity contribution in [2.75, 3.05) is 43.1 Å². The third-order valence-corrected chi connectivity index (χ3v) is 9.66. The van der Waals surface area contributed by atoms with Gasteiger partial charge < -0.3 is 29.0 Å². The molecule has 0 radical (unpaired) electrons. The number of hydrogen-bond donors (Lipinski definition) is 2. The number of aliphatic hydroxyl groups excluding tert-OH is 1. The third kappa shape index (κ3) is 5.83. The van der Waals surface area contributed by atoms with Gasteiger partial charge in [-0.2, -0.15) is 13.5 Å². The van der Waals surface area contributed by atoms with Crippen LogP contribution in [0, 0.1) is 5.82 Å². The Bertz CT molecular complexity index is 2340. The van der Waals surface area contributed by atoms with Gasteiger partial charge in [0.1, 0.15) is 28.7 Å². The van der Waals surface area contributed by atoms with Gasteiger partial charge in [-0.1, -0.05) is 0 Å². The van der Waals surface area contributed by atoms with E-state index in [4.69, 9.17) is 4.74 Å². The number of halogens is 1. The van der Waals surface area contributed by atoms with E-state index < -0.39 is 12.4 Å². The Morgan fingerprint density at radius 1 is 1.00 bits per heavy atom. The van der Waals surface area contributed by atoms with Crippen molar-refractivity contribution in [1.82, 2.24) is 28.4 Å². The molecule has 258 valence electrons. The lowest BCUT2D eigenvalue weighted by Crippen LogP contribution is -2.59. The highest BCUT2D eigenvalue weighted by atomic mass is 32.1. The number of piperazine rings is 1. The molecule has 8 rings (SSSR count). The van der Waals surface area contributed by atoms with Gasteiger partial charge in [-0.05, 0) is 61.0 Å². The summed E-state index contributed by atoms with van der Waals surface area (Å²) in [5.41, 5.74) is 3.38. The summed E-state index contributed by atoms with van der Waals surface area (Å²) in [6.45, 7) is 6.27. The molecule has 1 atom stereocenters. The molecule has 2 saturated heterocycles. The Morgan fingerprint density at radius 2 is 1.84 bits per heavy atom. The second-order valence-corrected chi connectivity index (χ2v) is 12.7.